The van der Waals surface area contributed by atoms with E-state index in [9.17, 15) is 0 Å². The first-order chi connectivity index (χ1) is 8.89. The Balaban J connectivity index is 2.23. The smallest absolute Gasteiger partial charge is 0.122 e. The third-order valence-electron chi connectivity index (χ3n) is 3.53. The predicted octanol–water partition coefficient (Wildman–Crippen LogP) is 5.24. The molecule has 0 N–H and O–H groups in total. The Morgan fingerprint density at radius 3 is 2.74 bits per heavy atom. The number of alkyl halides is 1. The van der Waals surface area contributed by atoms with Gasteiger partial charge in [-0.2, -0.15) is 0 Å². The van der Waals surface area contributed by atoms with Gasteiger partial charge in [-0.3, -0.25) is 0 Å². The van der Waals surface area contributed by atoms with Gasteiger partial charge in [0.25, 0.3) is 0 Å². The molecule has 0 aromatic heterocycles. The van der Waals surface area contributed by atoms with Crippen molar-refractivity contribution in [2.45, 2.75) is 38.5 Å². The van der Waals surface area contributed by atoms with Crippen LogP contribution in [0.15, 0.2) is 29.8 Å². The summed E-state index contributed by atoms with van der Waals surface area (Å²) >= 11 is 12.4. The molecule has 1 atom stereocenters. The summed E-state index contributed by atoms with van der Waals surface area (Å²) in [7, 11) is 1.69. The summed E-state index contributed by atoms with van der Waals surface area (Å²) in [6.07, 6.45) is 5.15. The lowest BCUT2D eigenvalue weighted by molar-refractivity contribution is 0.320. The van der Waals surface area contributed by atoms with Crippen LogP contribution in [0.1, 0.15) is 32.3 Å². The summed E-state index contributed by atoms with van der Waals surface area (Å²) in [5.41, 5.74) is 2.77. The van der Waals surface area contributed by atoms with E-state index in [1.54, 1.807) is 7.11 Å². The molecule has 3 heteroatoms. The van der Waals surface area contributed by atoms with E-state index < -0.39 is 0 Å². The summed E-state index contributed by atoms with van der Waals surface area (Å²) < 4.78 is 5.40. The van der Waals surface area contributed by atoms with Gasteiger partial charge in [-0.15, -0.1) is 11.6 Å². The van der Waals surface area contributed by atoms with Gasteiger partial charge in [-0.25, -0.2) is 0 Å². The first-order valence-electron chi connectivity index (χ1n) is 6.56. The van der Waals surface area contributed by atoms with Crippen molar-refractivity contribution in [1.29, 1.82) is 0 Å². The Morgan fingerprint density at radius 2 is 2.11 bits per heavy atom. The molecular formula is C16H20Cl2O. The first-order valence-corrected chi connectivity index (χ1v) is 7.37. The maximum absolute atomic E-state index is 6.33. The minimum absolute atomic E-state index is 0.129. The number of rotatable bonds is 3. The van der Waals surface area contributed by atoms with E-state index >= 15 is 0 Å². The van der Waals surface area contributed by atoms with E-state index in [4.69, 9.17) is 27.9 Å². The molecule has 1 aliphatic rings. The number of methoxy groups -OCH3 is 1. The highest BCUT2D eigenvalue weighted by molar-refractivity contribution is 6.30. The molecule has 0 saturated carbocycles. The van der Waals surface area contributed by atoms with E-state index in [1.807, 2.05) is 18.2 Å². The molecule has 0 bridgehead atoms. The maximum atomic E-state index is 6.33. The van der Waals surface area contributed by atoms with Crippen molar-refractivity contribution in [1.82, 2.24) is 0 Å². The second-order valence-electron chi connectivity index (χ2n) is 6.02. The average molecular weight is 299 g/mol. The van der Waals surface area contributed by atoms with Crippen LogP contribution in [0.3, 0.4) is 0 Å². The lowest BCUT2D eigenvalue weighted by Gasteiger charge is -2.32. The van der Waals surface area contributed by atoms with Crippen molar-refractivity contribution < 1.29 is 4.74 Å². The SMILES string of the molecule is COc1ccc(Cl)cc1CC1=CC(Cl)CC(C)(C)C1. The fourth-order valence-electron chi connectivity index (χ4n) is 2.84. The Hall–Kier alpha value is -0.660. The van der Waals surface area contributed by atoms with Gasteiger partial charge in [0, 0.05) is 5.02 Å². The minimum Gasteiger partial charge on any atom is -0.496 e. The summed E-state index contributed by atoms with van der Waals surface area (Å²) in [5, 5.41) is 0.873. The van der Waals surface area contributed by atoms with E-state index in [1.165, 1.54) is 5.57 Å². The molecule has 0 fully saturated rings. The summed E-state index contributed by atoms with van der Waals surface area (Å²) in [4.78, 5) is 0. The zero-order valence-corrected chi connectivity index (χ0v) is 13.2. The lowest BCUT2D eigenvalue weighted by Crippen LogP contribution is -2.22. The van der Waals surface area contributed by atoms with Crippen molar-refractivity contribution in [2.75, 3.05) is 7.11 Å². The molecule has 0 radical (unpaired) electrons. The van der Waals surface area contributed by atoms with Crippen LogP contribution < -0.4 is 4.74 Å². The van der Waals surface area contributed by atoms with Gasteiger partial charge in [-0.1, -0.05) is 37.1 Å². The number of hydrogen-bond donors (Lipinski definition) is 0. The average Bonchev–Trinajstić information content (AvgIpc) is 2.26. The van der Waals surface area contributed by atoms with E-state index in [0.717, 1.165) is 35.6 Å². The second-order valence-corrected chi connectivity index (χ2v) is 7.02. The number of benzene rings is 1. The third-order valence-corrected chi connectivity index (χ3v) is 4.05. The van der Waals surface area contributed by atoms with Crippen LogP contribution in [0.5, 0.6) is 5.75 Å². The van der Waals surface area contributed by atoms with Crippen molar-refractivity contribution in [3.63, 3.8) is 0 Å². The van der Waals surface area contributed by atoms with Gasteiger partial charge in [-0.05, 0) is 48.4 Å². The van der Waals surface area contributed by atoms with Gasteiger partial charge >= 0.3 is 0 Å². The van der Waals surface area contributed by atoms with Gasteiger partial charge < -0.3 is 4.74 Å². The number of ether oxygens (including phenoxy) is 1. The molecule has 0 aliphatic heterocycles. The maximum Gasteiger partial charge on any atom is 0.122 e. The van der Waals surface area contributed by atoms with Gasteiger partial charge in [0.1, 0.15) is 5.75 Å². The topological polar surface area (TPSA) is 9.23 Å². The van der Waals surface area contributed by atoms with Crippen molar-refractivity contribution >= 4 is 23.2 Å². The van der Waals surface area contributed by atoms with Crippen molar-refractivity contribution in [3.05, 3.63) is 40.4 Å². The fourth-order valence-corrected chi connectivity index (χ4v) is 3.63. The molecule has 0 spiro atoms. The summed E-state index contributed by atoms with van der Waals surface area (Å²) in [6, 6.07) is 5.75. The first kappa shape index (κ1) is 14.7. The van der Waals surface area contributed by atoms with Crippen LogP contribution in [0.4, 0.5) is 0 Å². The molecular weight excluding hydrogens is 279 g/mol. The zero-order valence-electron chi connectivity index (χ0n) is 11.7. The molecule has 1 unspecified atom stereocenters. The molecule has 104 valence electrons. The van der Waals surface area contributed by atoms with Crippen LogP contribution in [0, 0.1) is 5.41 Å². The molecule has 1 aromatic carbocycles. The van der Waals surface area contributed by atoms with Crippen LogP contribution >= 0.6 is 23.2 Å². The molecule has 0 saturated heterocycles. The fraction of sp³-hybridized carbons (Fsp3) is 0.500. The third kappa shape index (κ3) is 3.90. The van der Waals surface area contributed by atoms with Crippen LogP contribution in [0.25, 0.3) is 0 Å². The van der Waals surface area contributed by atoms with Crippen LogP contribution in [-0.2, 0) is 6.42 Å². The summed E-state index contributed by atoms with van der Waals surface area (Å²) in [5.74, 6) is 0.889. The number of allylic oxidation sites excluding steroid dienone is 2. The highest BCUT2D eigenvalue weighted by Gasteiger charge is 2.27. The Kier molecular flexibility index (Phi) is 4.47. The van der Waals surface area contributed by atoms with Crippen molar-refractivity contribution in [3.8, 4) is 5.75 Å². The zero-order chi connectivity index (χ0) is 14.0. The standard InChI is InChI=1S/C16H20Cl2O/c1-16(2)9-11(7-14(18)10-16)6-12-8-13(17)4-5-15(12)19-3/h4-5,7-8,14H,6,9-10H2,1-3H3. The second kappa shape index (κ2) is 5.76. The minimum atomic E-state index is 0.129. The van der Waals surface area contributed by atoms with Gasteiger partial charge in [0.05, 0.1) is 12.5 Å². The summed E-state index contributed by atoms with van der Waals surface area (Å²) in [6.45, 7) is 4.54. The molecule has 0 amide bonds. The molecule has 1 aliphatic carbocycles. The van der Waals surface area contributed by atoms with Gasteiger partial charge in [0.2, 0.25) is 0 Å². The lowest BCUT2D eigenvalue weighted by atomic mass is 9.76. The quantitative estimate of drug-likeness (QED) is 0.547. The molecule has 0 heterocycles. The molecule has 2 rings (SSSR count). The predicted molar refractivity (Wildman–Crippen MR) is 82.4 cm³/mol. The Morgan fingerprint density at radius 1 is 1.37 bits per heavy atom. The highest BCUT2D eigenvalue weighted by Crippen LogP contribution is 2.39. The van der Waals surface area contributed by atoms with Crippen LogP contribution in [-0.4, -0.2) is 12.5 Å². The van der Waals surface area contributed by atoms with E-state index in [2.05, 4.69) is 19.9 Å². The Bertz CT molecular complexity index is 492. The number of hydrogen-bond acceptors (Lipinski definition) is 1. The highest BCUT2D eigenvalue weighted by atomic mass is 35.5. The van der Waals surface area contributed by atoms with E-state index in [0.29, 0.717) is 0 Å². The largest absolute Gasteiger partial charge is 0.496 e. The molecule has 19 heavy (non-hydrogen) atoms. The van der Waals surface area contributed by atoms with Gasteiger partial charge in [0.15, 0.2) is 0 Å². The number of halogens is 2. The monoisotopic (exact) mass is 298 g/mol. The molecule has 1 nitrogen and oxygen atoms in total. The normalized spacial score (nSPS) is 21.9. The van der Waals surface area contributed by atoms with Crippen LogP contribution in [0.2, 0.25) is 5.02 Å². The Labute approximate surface area is 125 Å². The van der Waals surface area contributed by atoms with E-state index in [-0.39, 0.29) is 10.8 Å². The van der Waals surface area contributed by atoms with Crippen molar-refractivity contribution in [2.24, 2.45) is 5.41 Å². The molecule has 1 aromatic rings.